The summed E-state index contributed by atoms with van der Waals surface area (Å²) in [7, 11) is 0. The molecule has 0 aliphatic heterocycles. The zero-order chi connectivity index (χ0) is 18.1. The van der Waals surface area contributed by atoms with Crippen molar-refractivity contribution in [1.82, 2.24) is 0 Å². The van der Waals surface area contributed by atoms with Gasteiger partial charge in [0, 0.05) is 5.92 Å². The van der Waals surface area contributed by atoms with Gasteiger partial charge in [-0.2, -0.15) is 0 Å². The van der Waals surface area contributed by atoms with Crippen molar-refractivity contribution >= 4 is 0 Å². The molecule has 2 aliphatic rings. The van der Waals surface area contributed by atoms with Crippen molar-refractivity contribution in [3.8, 4) is 0 Å². The highest BCUT2D eigenvalue weighted by atomic mass is 16.3. The number of hydrogen-bond donors (Lipinski definition) is 2. The van der Waals surface area contributed by atoms with Crippen molar-refractivity contribution in [3.63, 3.8) is 0 Å². The zero-order valence-corrected chi connectivity index (χ0v) is 17.1. The summed E-state index contributed by atoms with van der Waals surface area (Å²) in [6.45, 7) is 14.0. The minimum Gasteiger partial charge on any atom is -0.376 e. The van der Waals surface area contributed by atoms with E-state index in [9.17, 15) is 5.11 Å². The van der Waals surface area contributed by atoms with E-state index in [-0.39, 0.29) is 5.92 Å². The molecule has 0 aromatic rings. The molecule has 7 atom stereocenters. The SMILES string of the molecule is CC1CCC(C(C)C)C(CC(N)(O)C2CC(C)CCC2C(C)C)C1. The van der Waals surface area contributed by atoms with Crippen LogP contribution in [0.5, 0.6) is 0 Å². The molecule has 0 bridgehead atoms. The first-order valence-electron chi connectivity index (χ1n) is 10.6. The Morgan fingerprint density at radius 2 is 1.38 bits per heavy atom. The summed E-state index contributed by atoms with van der Waals surface area (Å²) in [5.74, 6) is 4.97. The van der Waals surface area contributed by atoms with Crippen LogP contribution in [0.3, 0.4) is 0 Å². The van der Waals surface area contributed by atoms with Gasteiger partial charge in [0.2, 0.25) is 0 Å². The summed E-state index contributed by atoms with van der Waals surface area (Å²) >= 11 is 0. The normalized spacial score (nSPS) is 40.8. The third-order valence-electron chi connectivity index (χ3n) is 7.41. The lowest BCUT2D eigenvalue weighted by Gasteiger charge is -2.48. The molecule has 2 saturated carbocycles. The fourth-order valence-electron chi connectivity index (χ4n) is 5.98. The summed E-state index contributed by atoms with van der Waals surface area (Å²) < 4.78 is 0. The lowest BCUT2D eigenvalue weighted by Crippen LogP contribution is -2.54. The van der Waals surface area contributed by atoms with E-state index in [2.05, 4.69) is 41.5 Å². The third-order valence-corrected chi connectivity index (χ3v) is 7.41. The highest BCUT2D eigenvalue weighted by molar-refractivity contribution is 4.94. The summed E-state index contributed by atoms with van der Waals surface area (Å²) in [4.78, 5) is 0. The van der Waals surface area contributed by atoms with Crippen LogP contribution in [0.15, 0.2) is 0 Å². The molecular formula is C22H43NO. The molecule has 0 heterocycles. The first-order chi connectivity index (χ1) is 11.1. The Morgan fingerprint density at radius 1 is 0.875 bits per heavy atom. The molecule has 0 aromatic carbocycles. The first kappa shape index (κ1) is 20.2. The van der Waals surface area contributed by atoms with Gasteiger partial charge in [0.25, 0.3) is 0 Å². The van der Waals surface area contributed by atoms with Crippen LogP contribution in [0.2, 0.25) is 0 Å². The van der Waals surface area contributed by atoms with Gasteiger partial charge in [0.15, 0.2) is 0 Å². The number of nitrogens with two attached hydrogens (primary N) is 1. The predicted molar refractivity (Wildman–Crippen MR) is 103 cm³/mol. The van der Waals surface area contributed by atoms with Gasteiger partial charge in [-0.1, -0.05) is 54.4 Å². The van der Waals surface area contributed by atoms with Gasteiger partial charge < -0.3 is 10.8 Å². The van der Waals surface area contributed by atoms with E-state index in [4.69, 9.17) is 5.73 Å². The van der Waals surface area contributed by atoms with Crippen molar-refractivity contribution in [2.24, 2.45) is 53.1 Å². The smallest absolute Gasteiger partial charge is 0.116 e. The molecule has 7 unspecified atom stereocenters. The second-order valence-corrected chi connectivity index (χ2v) is 10.2. The molecule has 3 N–H and O–H groups in total. The van der Waals surface area contributed by atoms with Crippen molar-refractivity contribution in [1.29, 1.82) is 0 Å². The number of aliphatic hydroxyl groups is 1. The van der Waals surface area contributed by atoms with Gasteiger partial charge in [-0.05, 0) is 73.5 Å². The van der Waals surface area contributed by atoms with Crippen molar-refractivity contribution in [2.45, 2.75) is 92.2 Å². The molecule has 2 rings (SSSR count). The molecule has 0 aromatic heterocycles. The maximum Gasteiger partial charge on any atom is 0.116 e. The van der Waals surface area contributed by atoms with Crippen LogP contribution in [0.25, 0.3) is 0 Å². The average Bonchev–Trinajstić information content (AvgIpc) is 2.46. The van der Waals surface area contributed by atoms with E-state index < -0.39 is 5.72 Å². The Hall–Kier alpha value is -0.0800. The summed E-state index contributed by atoms with van der Waals surface area (Å²) in [5, 5.41) is 11.4. The molecule has 24 heavy (non-hydrogen) atoms. The van der Waals surface area contributed by atoms with Crippen LogP contribution < -0.4 is 5.73 Å². The fraction of sp³-hybridized carbons (Fsp3) is 1.00. The average molecular weight is 338 g/mol. The van der Waals surface area contributed by atoms with Crippen molar-refractivity contribution in [3.05, 3.63) is 0 Å². The maximum absolute atomic E-state index is 11.4. The monoisotopic (exact) mass is 337 g/mol. The van der Waals surface area contributed by atoms with Gasteiger partial charge in [0.05, 0.1) is 0 Å². The van der Waals surface area contributed by atoms with E-state index in [0.717, 1.165) is 24.7 Å². The largest absolute Gasteiger partial charge is 0.376 e. The van der Waals surface area contributed by atoms with Crippen LogP contribution in [0.1, 0.15) is 86.5 Å². The van der Waals surface area contributed by atoms with Crippen LogP contribution in [-0.2, 0) is 0 Å². The van der Waals surface area contributed by atoms with Gasteiger partial charge in [0.1, 0.15) is 5.72 Å². The Morgan fingerprint density at radius 3 is 1.92 bits per heavy atom. The van der Waals surface area contributed by atoms with Crippen molar-refractivity contribution < 1.29 is 5.11 Å². The lowest BCUT2D eigenvalue weighted by molar-refractivity contribution is -0.0967. The fourth-order valence-corrected chi connectivity index (χ4v) is 5.98. The summed E-state index contributed by atoms with van der Waals surface area (Å²) in [5.41, 5.74) is 5.69. The van der Waals surface area contributed by atoms with Crippen LogP contribution >= 0.6 is 0 Å². The standard InChI is InChI=1S/C22H43NO/c1-14(2)19-9-7-16(5)11-18(19)13-22(23,24)21-12-17(6)8-10-20(21)15(3)4/h14-21,24H,7-13,23H2,1-6H3. The minimum atomic E-state index is -0.988. The van der Waals surface area contributed by atoms with Gasteiger partial charge in [-0.3, -0.25) is 0 Å². The molecule has 142 valence electrons. The van der Waals surface area contributed by atoms with Crippen LogP contribution in [0, 0.1) is 47.3 Å². The molecule has 2 heteroatoms. The number of rotatable bonds is 5. The van der Waals surface area contributed by atoms with Gasteiger partial charge >= 0.3 is 0 Å². The van der Waals surface area contributed by atoms with E-state index in [0.29, 0.717) is 29.6 Å². The maximum atomic E-state index is 11.4. The minimum absolute atomic E-state index is 0.270. The Bertz CT molecular complexity index is 389. The van der Waals surface area contributed by atoms with Gasteiger partial charge in [-0.25, -0.2) is 0 Å². The zero-order valence-electron chi connectivity index (χ0n) is 17.1. The molecule has 0 spiro atoms. The second-order valence-electron chi connectivity index (χ2n) is 10.2. The summed E-state index contributed by atoms with van der Waals surface area (Å²) in [6.07, 6.45) is 8.34. The Balaban J connectivity index is 2.14. The molecule has 0 amide bonds. The molecule has 2 aliphatic carbocycles. The Labute approximate surface area is 151 Å². The van der Waals surface area contributed by atoms with Crippen molar-refractivity contribution in [2.75, 3.05) is 0 Å². The lowest BCUT2D eigenvalue weighted by atomic mass is 9.62. The van der Waals surface area contributed by atoms with Crippen LogP contribution in [0.4, 0.5) is 0 Å². The molecule has 0 saturated heterocycles. The number of hydrogen-bond acceptors (Lipinski definition) is 2. The molecule has 0 radical (unpaired) electrons. The van der Waals surface area contributed by atoms with Crippen LogP contribution in [-0.4, -0.2) is 10.8 Å². The van der Waals surface area contributed by atoms with Gasteiger partial charge in [-0.15, -0.1) is 0 Å². The van der Waals surface area contributed by atoms with E-state index in [1.807, 2.05) is 0 Å². The Kier molecular flexibility index (Phi) is 6.81. The van der Waals surface area contributed by atoms with E-state index >= 15 is 0 Å². The molecule has 2 nitrogen and oxygen atoms in total. The topological polar surface area (TPSA) is 46.2 Å². The highest BCUT2D eigenvalue weighted by Crippen LogP contribution is 2.47. The summed E-state index contributed by atoms with van der Waals surface area (Å²) in [6, 6.07) is 0. The highest BCUT2D eigenvalue weighted by Gasteiger charge is 2.45. The van der Waals surface area contributed by atoms with E-state index in [1.165, 1.54) is 32.1 Å². The molecular weight excluding hydrogens is 294 g/mol. The first-order valence-corrected chi connectivity index (χ1v) is 10.6. The molecule has 2 fully saturated rings. The second kappa shape index (κ2) is 8.08. The predicted octanol–water partition coefficient (Wildman–Crippen LogP) is 5.44. The quantitative estimate of drug-likeness (QED) is 0.656. The third kappa shape index (κ3) is 4.75. The van der Waals surface area contributed by atoms with E-state index in [1.54, 1.807) is 0 Å².